The summed E-state index contributed by atoms with van der Waals surface area (Å²) >= 11 is 6.47. The van der Waals surface area contributed by atoms with Crippen LogP contribution in [0.3, 0.4) is 0 Å². The molecule has 14 heteroatoms. The van der Waals surface area contributed by atoms with Crippen molar-refractivity contribution >= 4 is 46.7 Å². The molecule has 4 amide bonds. The van der Waals surface area contributed by atoms with Crippen molar-refractivity contribution in [3.63, 3.8) is 0 Å². The summed E-state index contributed by atoms with van der Waals surface area (Å²) in [5.41, 5.74) is -0.911. The second-order valence-corrected chi connectivity index (χ2v) is 16.1. The average molecular weight is 745 g/mol. The molecule has 52 heavy (non-hydrogen) atoms. The number of Topliss-reactive ketones (excluding diaryl/α,β-unsaturated/α-hetero) is 1. The maximum atomic E-state index is 14.7. The van der Waals surface area contributed by atoms with E-state index in [4.69, 9.17) is 27.3 Å². The van der Waals surface area contributed by atoms with Gasteiger partial charge in [0.05, 0.1) is 38.9 Å². The minimum absolute atomic E-state index is 0.0404. The summed E-state index contributed by atoms with van der Waals surface area (Å²) in [4.78, 5) is 76.2. The molecule has 0 aromatic heterocycles. The van der Waals surface area contributed by atoms with E-state index in [1.54, 1.807) is 19.1 Å². The summed E-state index contributed by atoms with van der Waals surface area (Å²) < 4.78 is 20.0. The maximum absolute atomic E-state index is 14.7. The van der Waals surface area contributed by atoms with Crippen LogP contribution < -0.4 is 25.4 Å². The number of oxime groups is 1. The number of carbonyl (C=O) groups excluding carboxylic acids is 5. The van der Waals surface area contributed by atoms with Crippen LogP contribution in [-0.2, 0) is 28.8 Å². The summed E-state index contributed by atoms with van der Waals surface area (Å²) in [5.74, 6) is -2.43. The highest BCUT2D eigenvalue weighted by Crippen LogP contribution is 2.42. The predicted molar refractivity (Wildman–Crippen MR) is 195 cm³/mol. The molecule has 0 bridgehead atoms. The number of ketones is 1. The van der Waals surface area contributed by atoms with Gasteiger partial charge in [-0.2, -0.15) is 0 Å². The number of carbonyl (C=O) groups is 5. The van der Waals surface area contributed by atoms with Gasteiger partial charge in [0.25, 0.3) is 5.91 Å². The zero-order valence-electron chi connectivity index (χ0n) is 32.2. The second kappa shape index (κ2) is 16.4. The molecule has 1 spiro atoms. The van der Waals surface area contributed by atoms with Crippen molar-refractivity contribution in [2.45, 2.75) is 134 Å². The Kier molecular flexibility index (Phi) is 12.0. The number of amides is 4. The van der Waals surface area contributed by atoms with Gasteiger partial charge >= 0.3 is 0 Å². The Labute approximate surface area is 312 Å². The first-order chi connectivity index (χ1) is 25.0. The number of nitrogens with zero attached hydrogens (tertiary/aromatic N) is 2. The number of hydrogen-bond acceptors (Lipinski definition) is 9. The van der Waals surface area contributed by atoms with E-state index in [1.807, 2.05) is 20.8 Å². The molecule has 2 unspecified atom stereocenters. The van der Waals surface area contributed by atoms with Crippen molar-refractivity contribution in [2.24, 2.45) is 16.5 Å². The lowest BCUT2D eigenvalue weighted by molar-refractivity contribution is -0.145. The van der Waals surface area contributed by atoms with E-state index in [9.17, 15) is 24.0 Å². The number of nitrogens with one attached hydrogen (secondary N) is 3. The number of methoxy groups -OCH3 is 2. The first-order valence-electron chi connectivity index (χ1n) is 19.0. The maximum Gasteiger partial charge on any atom is 0.289 e. The van der Waals surface area contributed by atoms with Crippen LogP contribution in [0, 0.1) is 11.3 Å². The molecular formula is C38H54ClN5O8. The zero-order chi connectivity index (χ0) is 38.7. The summed E-state index contributed by atoms with van der Waals surface area (Å²) in [6, 6.07) is -1.33. The molecule has 5 rings (SSSR count). The monoisotopic (exact) mass is 744 g/mol. The highest BCUT2D eigenvalue weighted by atomic mass is 35.5. The Morgan fingerprint density at radius 2 is 1.75 bits per heavy atom. The van der Waals surface area contributed by atoms with Crippen molar-refractivity contribution < 1.29 is 39.7 Å². The van der Waals surface area contributed by atoms with E-state index in [0.717, 1.165) is 44.9 Å². The van der Waals surface area contributed by atoms with E-state index in [1.165, 1.54) is 19.1 Å². The van der Waals surface area contributed by atoms with Gasteiger partial charge in [0.2, 0.25) is 23.5 Å². The van der Waals surface area contributed by atoms with Gasteiger partial charge in [-0.05, 0) is 49.5 Å². The average Bonchev–Trinajstić information content (AvgIpc) is 3.71. The standard InChI is InChI=1S/C38H54ClN5O8/c1-7-11-26(32(46)35(48)40-23-14-15-23)41-34(47)28-20-38(19-27(43-52-38)24-17-25(39)30(51-6)18-29(24)50-5)21-44(28)36(49)33(37(2,3)4)42-31(45)16-22-12-9-8-10-13-22/h17-18,22-23,26,28,33H,7-16,19-21H2,1-6H3,(H,40,48)(H,41,47)(H,42,45)/t26?,28-,33?,38+/m0/s1/i26D. The third kappa shape index (κ3) is 9.19. The minimum atomic E-state index is -2.27. The van der Waals surface area contributed by atoms with Gasteiger partial charge in [-0.25, -0.2) is 0 Å². The zero-order valence-corrected chi connectivity index (χ0v) is 32.0. The van der Waals surface area contributed by atoms with Gasteiger partial charge in [0.1, 0.15) is 23.6 Å². The molecule has 0 radical (unpaired) electrons. The number of benzene rings is 1. The number of rotatable bonds is 14. The first-order valence-corrected chi connectivity index (χ1v) is 18.8. The second-order valence-electron chi connectivity index (χ2n) is 15.7. The number of likely N-dealkylation sites (tertiary alicyclic amines) is 1. The van der Waals surface area contributed by atoms with E-state index in [-0.39, 0.29) is 43.7 Å². The molecule has 2 heterocycles. The van der Waals surface area contributed by atoms with Gasteiger partial charge in [0, 0.05) is 36.9 Å². The van der Waals surface area contributed by atoms with Crippen molar-refractivity contribution in [1.82, 2.24) is 20.9 Å². The Bertz CT molecular complexity index is 1620. The largest absolute Gasteiger partial charge is 0.496 e. The molecule has 4 aliphatic rings. The molecule has 13 nitrogen and oxygen atoms in total. The molecule has 1 aromatic rings. The molecule has 4 atom stereocenters. The van der Waals surface area contributed by atoms with Crippen molar-refractivity contribution in [1.29, 1.82) is 0 Å². The topological polar surface area (TPSA) is 165 Å². The highest BCUT2D eigenvalue weighted by molar-refractivity contribution is 6.38. The SMILES string of the molecule is [2H]C(CCC)(NC(=O)[C@@H]1C[C@]2(CC(c3cc(Cl)c(OC)cc3OC)=NO2)CN1C(=O)C(NC(=O)CC1CCCCC1)C(C)(C)C)C(=O)C(=O)NC1CC1. The fraction of sp³-hybridized carbons (Fsp3) is 0.684. The van der Waals surface area contributed by atoms with Crippen LogP contribution >= 0.6 is 11.6 Å². The van der Waals surface area contributed by atoms with Gasteiger partial charge < -0.3 is 35.2 Å². The van der Waals surface area contributed by atoms with Gasteiger partial charge in [-0.1, -0.05) is 70.1 Å². The van der Waals surface area contributed by atoms with E-state index < -0.39 is 52.6 Å². The molecule has 2 saturated carbocycles. The van der Waals surface area contributed by atoms with Crippen molar-refractivity contribution in [2.75, 3.05) is 20.8 Å². The van der Waals surface area contributed by atoms with Crippen LogP contribution in [0.5, 0.6) is 11.5 Å². The number of hydrogen-bond donors (Lipinski definition) is 3. The fourth-order valence-corrected chi connectivity index (χ4v) is 7.62. The molecule has 3 N–H and O–H groups in total. The fourth-order valence-electron chi connectivity index (χ4n) is 7.38. The van der Waals surface area contributed by atoms with Crippen molar-refractivity contribution in [3.05, 3.63) is 22.7 Å². The normalized spacial score (nSPS) is 23.8. The Morgan fingerprint density at radius 3 is 2.37 bits per heavy atom. The van der Waals surface area contributed by atoms with Crippen LogP contribution in [0.2, 0.25) is 5.02 Å². The van der Waals surface area contributed by atoms with Gasteiger partial charge in [-0.3, -0.25) is 24.0 Å². The Morgan fingerprint density at radius 1 is 1.06 bits per heavy atom. The van der Waals surface area contributed by atoms with Crippen LogP contribution in [0.4, 0.5) is 0 Å². The number of halogens is 1. The molecule has 2 aliphatic heterocycles. The van der Waals surface area contributed by atoms with E-state index in [0.29, 0.717) is 40.6 Å². The summed E-state index contributed by atoms with van der Waals surface area (Å²) in [5, 5.41) is 12.9. The third-order valence-electron chi connectivity index (χ3n) is 10.4. The van der Waals surface area contributed by atoms with Crippen LogP contribution in [0.15, 0.2) is 17.3 Å². The molecular weight excluding hydrogens is 690 g/mol. The highest BCUT2D eigenvalue weighted by Gasteiger charge is 2.56. The lowest BCUT2D eigenvalue weighted by Crippen LogP contribution is -2.59. The van der Waals surface area contributed by atoms with Crippen LogP contribution in [0.1, 0.15) is 112 Å². The summed E-state index contributed by atoms with van der Waals surface area (Å²) in [7, 11) is 2.99. The van der Waals surface area contributed by atoms with Gasteiger partial charge in [0.15, 0.2) is 5.60 Å². The molecule has 1 aromatic carbocycles. The van der Waals surface area contributed by atoms with Gasteiger partial charge in [-0.15, -0.1) is 0 Å². The smallest absolute Gasteiger partial charge is 0.289 e. The quantitative estimate of drug-likeness (QED) is 0.235. The van der Waals surface area contributed by atoms with E-state index in [2.05, 4.69) is 21.1 Å². The molecule has 286 valence electrons. The van der Waals surface area contributed by atoms with Crippen molar-refractivity contribution in [3.8, 4) is 11.5 Å². The number of ether oxygens (including phenoxy) is 2. The Balaban J connectivity index is 1.44. The molecule has 3 fully saturated rings. The first kappa shape index (κ1) is 37.9. The summed E-state index contributed by atoms with van der Waals surface area (Å²) in [6.07, 6.45) is 7.37. The molecule has 1 saturated heterocycles. The lowest BCUT2D eigenvalue weighted by Gasteiger charge is -2.36. The minimum Gasteiger partial charge on any atom is -0.496 e. The van der Waals surface area contributed by atoms with Crippen LogP contribution in [-0.4, -0.2) is 90.5 Å². The Hall–Kier alpha value is -3.87. The van der Waals surface area contributed by atoms with Crippen LogP contribution in [0.25, 0.3) is 0 Å². The third-order valence-corrected chi connectivity index (χ3v) is 10.7. The lowest BCUT2D eigenvalue weighted by atomic mass is 9.84. The van der Waals surface area contributed by atoms with E-state index >= 15 is 0 Å². The molecule has 2 aliphatic carbocycles. The predicted octanol–water partition coefficient (Wildman–Crippen LogP) is 4.46. The summed E-state index contributed by atoms with van der Waals surface area (Å²) in [6.45, 7) is 7.20.